The number of fused-ring (bicyclic) bond motifs is 1. The number of nitrogens with one attached hydrogen (secondary N) is 1. The predicted octanol–water partition coefficient (Wildman–Crippen LogP) is 1.72. The first-order valence-electron chi connectivity index (χ1n) is 5.96. The Kier molecular flexibility index (Phi) is 3.98. The molecule has 0 spiro atoms. The van der Waals surface area contributed by atoms with Crippen molar-refractivity contribution in [1.29, 1.82) is 0 Å². The Labute approximate surface area is 101 Å². The van der Waals surface area contributed by atoms with Crippen molar-refractivity contribution in [2.75, 3.05) is 18.5 Å². The zero-order valence-electron chi connectivity index (χ0n) is 9.74. The van der Waals surface area contributed by atoms with Gasteiger partial charge in [0.05, 0.1) is 6.61 Å². The first-order chi connectivity index (χ1) is 8.29. The maximum absolute atomic E-state index is 11.2. The average molecular weight is 235 g/mol. The minimum atomic E-state index is 0.0779. The summed E-state index contributed by atoms with van der Waals surface area (Å²) in [5, 5.41) is 11.5. The lowest BCUT2D eigenvalue weighted by atomic mass is 10.0. The number of carbonyl (C=O) groups is 1. The topological polar surface area (TPSA) is 58.6 Å². The van der Waals surface area contributed by atoms with Crippen LogP contribution in [0.25, 0.3) is 0 Å². The van der Waals surface area contributed by atoms with Crippen LogP contribution < -0.4 is 10.1 Å². The maximum atomic E-state index is 11.2. The number of anilines is 1. The van der Waals surface area contributed by atoms with Crippen LogP contribution in [-0.4, -0.2) is 24.2 Å². The first-order valence-corrected chi connectivity index (χ1v) is 5.96. The maximum Gasteiger partial charge on any atom is 0.224 e. The summed E-state index contributed by atoms with van der Waals surface area (Å²) in [7, 11) is 0. The van der Waals surface area contributed by atoms with E-state index in [2.05, 4.69) is 5.32 Å². The van der Waals surface area contributed by atoms with Crippen molar-refractivity contribution in [3.8, 4) is 5.75 Å². The van der Waals surface area contributed by atoms with Crippen molar-refractivity contribution < 1.29 is 14.6 Å². The normalized spacial score (nSPS) is 14.1. The standard InChI is InChI=1S/C13H17NO3/c15-7-1-2-8-17-11-4-5-12-10(9-11)3-6-13(16)14-12/h4-5,9,15H,1-3,6-8H2,(H,14,16). The molecule has 0 unspecified atom stereocenters. The number of aliphatic hydroxyl groups is 1. The van der Waals surface area contributed by atoms with Gasteiger partial charge >= 0.3 is 0 Å². The van der Waals surface area contributed by atoms with Crippen molar-refractivity contribution in [3.63, 3.8) is 0 Å². The van der Waals surface area contributed by atoms with E-state index in [1.54, 1.807) is 0 Å². The number of rotatable bonds is 5. The second-order valence-electron chi connectivity index (χ2n) is 4.15. The molecule has 0 aromatic heterocycles. The number of carbonyl (C=O) groups excluding carboxylic acids is 1. The van der Waals surface area contributed by atoms with Crippen molar-refractivity contribution in [3.05, 3.63) is 23.8 Å². The van der Waals surface area contributed by atoms with Crippen molar-refractivity contribution in [1.82, 2.24) is 0 Å². The highest BCUT2D eigenvalue weighted by Crippen LogP contribution is 2.26. The van der Waals surface area contributed by atoms with Gasteiger partial charge in [-0.1, -0.05) is 0 Å². The molecule has 2 rings (SSSR count). The lowest BCUT2D eigenvalue weighted by molar-refractivity contribution is -0.116. The number of hydrogen-bond acceptors (Lipinski definition) is 3. The van der Waals surface area contributed by atoms with Crippen LogP contribution in [0.4, 0.5) is 5.69 Å². The van der Waals surface area contributed by atoms with Crippen molar-refractivity contribution in [2.45, 2.75) is 25.7 Å². The van der Waals surface area contributed by atoms with Crippen LogP contribution in [0.2, 0.25) is 0 Å². The summed E-state index contributed by atoms with van der Waals surface area (Å²) in [6.07, 6.45) is 2.93. The van der Waals surface area contributed by atoms with E-state index in [-0.39, 0.29) is 12.5 Å². The van der Waals surface area contributed by atoms with Gasteiger partial charge in [-0.2, -0.15) is 0 Å². The molecule has 1 aromatic rings. The molecular formula is C13H17NO3. The van der Waals surface area contributed by atoms with Crippen LogP contribution >= 0.6 is 0 Å². The lowest BCUT2D eigenvalue weighted by Crippen LogP contribution is -2.18. The number of hydrogen-bond donors (Lipinski definition) is 2. The highest BCUT2D eigenvalue weighted by molar-refractivity contribution is 5.93. The molecule has 1 aromatic carbocycles. The Morgan fingerprint density at radius 3 is 3.00 bits per heavy atom. The summed E-state index contributed by atoms with van der Waals surface area (Å²) in [5.74, 6) is 0.909. The molecule has 1 heterocycles. The van der Waals surface area contributed by atoms with Crippen molar-refractivity contribution in [2.24, 2.45) is 0 Å². The van der Waals surface area contributed by atoms with Crippen LogP contribution in [0.1, 0.15) is 24.8 Å². The summed E-state index contributed by atoms with van der Waals surface area (Å²) in [6, 6.07) is 5.73. The highest BCUT2D eigenvalue weighted by Gasteiger charge is 2.14. The Balaban J connectivity index is 1.94. The molecule has 0 saturated carbocycles. The van der Waals surface area contributed by atoms with E-state index < -0.39 is 0 Å². The number of aliphatic hydroxyl groups excluding tert-OH is 1. The van der Waals surface area contributed by atoms with E-state index in [4.69, 9.17) is 9.84 Å². The Hall–Kier alpha value is -1.55. The molecule has 0 bridgehead atoms. The van der Waals surface area contributed by atoms with Gasteiger partial charge in [-0.05, 0) is 43.0 Å². The zero-order chi connectivity index (χ0) is 12.1. The summed E-state index contributed by atoms with van der Waals surface area (Å²) < 4.78 is 5.58. The molecule has 92 valence electrons. The Morgan fingerprint density at radius 1 is 1.29 bits per heavy atom. The van der Waals surface area contributed by atoms with Crippen LogP contribution in [0.3, 0.4) is 0 Å². The van der Waals surface area contributed by atoms with Gasteiger partial charge in [-0.15, -0.1) is 0 Å². The first kappa shape index (κ1) is 11.9. The SMILES string of the molecule is O=C1CCc2cc(OCCCCO)ccc2N1. The third kappa shape index (κ3) is 3.20. The second-order valence-corrected chi connectivity index (χ2v) is 4.15. The van der Waals surface area contributed by atoms with E-state index in [9.17, 15) is 4.79 Å². The molecule has 17 heavy (non-hydrogen) atoms. The fourth-order valence-electron chi connectivity index (χ4n) is 1.85. The molecular weight excluding hydrogens is 218 g/mol. The fourth-order valence-corrected chi connectivity index (χ4v) is 1.85. The molecule has 2 N–H and O–H groups in total. The van der Waals surface area contributed by atoms with E-state index >= 15 is 0 Å². The average Bonchev–Trinajstić information content (AvgIpc) is 2.35. The van der Waals surface area contributed by atoms with E-state index in [0.717, 1.165) is 36.3 Å². The van der Waals surface area contributed by atoms with Gasteiger partial charge in [0.1, 0.15) is 5.75 Å². The summed E-state index contributed by atoms with van der Waals surface area (Å²) in [5.41, 5.74) is 2.02. The Morgan fingerprint density at radius 2 is 2.18 bits per heavy atom. The van der Waals surface area contributed by atoms with E-state index in [1.807, 2.05) is 18.2 Å². The number of unbranched alkanes of at least 4 members (excludes halogenated alkanes) is 1. The molecule has 1 aliphatic rings. The molecule has 1 amide bonds. The summed E-state index contributed by atoms with van der Waals surface area (Å²) in [6.45, 7) is 0.825. The Bertz CT molecular complexity index is 404. The minimum absolute atomic E-state index is 0.0779. The zero-order valence-corrected chi connectivity index (χ0v) is 9.74. The van der Waals surface area contributed by atoms with E-state index in [1.165, 1.54) is 0 Å². The molecule has 0 atom stereocenters. The van der Waals surface area contributed by atoms with Gasteiger partial charge < -0.3 is 15.2 Å². The molecule has 0 aliphatic carbocycles. The van der Waals surface area contributed by atoms with Gasteiger partial charge in [-0.25, -0.2) is 0 Å². The summed E-state index contributed by atoms with van der Waals surface area (Å²) in [4.78, 5) is 11.2. The van der Waals surface area contributed by atoms with Gasteiger partial charge in [0.2, 0.25) is 5.91 Å². The molecule has 4 heteroatoms. The van der Waals surface area contributed by atoms with Crippen LogP contribution in [0, 0.1) is 0 Å². The third-order valence-electron chi connectivity index (χ3n) is 2.79. The van der Waals surface area contributed by atoms with Gasteiger partial charge in [-0.3, -0.25) is 4.79 Å². The number of aryl methyl sites for hydroxylation is 1. The minimum Gasteiger partial charge on any atom is -0.494 e. The highest BCUT2D eigenvalue weighted by atomic mass is 16.5. The van der Waals surface area contributed by atoms with E-state index in [0.29, 0.717) is 13.0 Å². The smallest absolute Gasteiger partial charge is 0.224 e. The molecule has 4 nitrogen and oxygen atoms in total. The molecule has 0 saturated heterocycles. The third-order valence-corrected chi connectivity index (χ3v) is 2.79. The number of ether oxygens (including phenoxy) is 1. The molecule has 1 aliphatic heterocycles. The van der Waals surface area contributed by atoms with Gasteiger partial charge in [0.25, 0.3) is 0 Å². The second kappa shape index (κ2) is 5.68. The van der Waals surface area contributed by atoms with Crippen LogP contribution in [0.15, 0.2) is 18.2 Å². The number of amides is 1. The molecule has 0 radical (unpaired) electrons. The molecule has 0 fully saturated rings. The fraction of sp³-hybridized carbons (Fsp3) is 0.462. The summed E-state index contributed by atoms with van der Waals surface area (Å²) >= 11 is 0. The van der Waals surface area contributed by atoms with Crippen LogP contribution in [0.5, 0.6) is 5.75 Å². The van der Waals surface area contributed by atoms with Gasteiger partial charge in [0, 0.05) is 18.7 Å². The monoisotopic (exact) mass is 235 g/mol. The lowest BCUT2D eigenvalue weighted by Gasteiger charge is -2.17. The largest absolute Gasteiger partial charge is 0.494 e. The predicted molar refractivity (Wildman–Crippen MR) is 65.2 cm³/mol. The van der Waals surface area contributed by atoms with Gasteiger partial charge in [0.15, 0.2) is 0 Å². The number of benzene rings is 1. The van der Waals surface area contributed by atoms with Crippen molar-refractivity contribution >= 4 is 11.6 Å². The van der Waals surface area contributed by atoms with Crippen LogP contribution in [-0.2, 0) is 11.2 Å². The quantitative estimate of drug-likeness (QED) is 0.764.